The molecular formula is C21H23N3O. The van der Waals surface area contributed by atoms with Crippen LogP contribution < -0.4 is 10.6 Å². The molecule has 0 fully saturated rings. The first-order valence-corrected chi connectivity index (χ1v) is 8.30. The number of hydrogen-bond acceptors (Lipinski definition) is 3. The maximum atomic E-state index is 12.5. The Balaban J connectivity index is 2.24. The minimum absolute atomic E-state index is 0.0351. The molecule has 2 N–H and O–H groups in total. The third kappa shape index (κ3) is 4.27. The number of benzene rings is 2. The normalized spacial score (nSPS) is 10.9. The smallest absolute Gasteiger partial charge is 0.267 e. The lowest BCUT2D eigenvalue weighted by Crippen LogP contribution is -2.16. The van der Waals surface area contributed by atoms with Crippen LogP contribution in [-0.4, -0.2) is 5.91 Å². The van der Waals surface area contributed by atoms with Crippen LogP contribution in [0.15, 0.2) is 48.2 Å². The largest absolute Gasteiger partial charge is 0.360 e. The highest BCUT2D eigenvalue weighted by Crippen LogP contribution is 2.22. The Labute approximate surface area is 149 Å². The molecule has 128 valence electrons. The van der Waals surface area contributed by atoms with Crippen molar-refractivity contribution in [3.8, 4) is 6.07 Å². The van der Waals surface area contributed by atoms with Crippen LogP contribution in [0.25, 0.3) is 0 Å². The number of amides is 1. The molecular weight excluding hydrogens is 310 g/mol. The van der Waals surface area contributed by atoms with Crippen molar-refractivity contribution >= 4 is 17.3 Å². The number of aryl methyl sites for hydroxylation is 4. The molecule has 4 nitrogen and oxygen atoms in total. The highest BCUT2D eigenvalue weighted by atomic mass is 16.1. The molecule has 0 spiro atoms. The van der Waals surface area contributed by atoms with Crippen LogP contribution in [0.5, 0.6) is 0 Å². The van der Waals surface area contributed by atoms with Crippen LogP contribution >= 0.6 is 0 Å². The van der Waals surface area contributed by atoms with Crippen molar-refractivity contribution in [2.75, 3.05) is 10.6 Å². The number of nitrogens with one attached hydrogen (secondary N) is 2. The summed E-state index contributed by atoms with van der Waals surface area (Å²) < 4.78 is 0. The number of anilines is 2. The van der Waals surface area contributed by atoms with E-state index in [-0.39, 0.29) is 5.57 Å². The van der Waals surface area contributed by atoms with Crippen LogP contribution in [-0.2, 0) is 11.2 Å². The van der Waals surface area contributed by atoms with E-state index in [1.807, 2.05) is 70.2 Å². The third-order valence-electron chi connectivity index (χ3n) is 4.19. The second kappa shape index (κ2) is 8.16. The first-order chi connectivity index (χ1) is 12.0. The van der Waals surface area contributed by atoms with E-state index < -0.39 is 5.91 Å². The molecule has 0 unspecified atom stereocenters. The summed E-state index contributed by atoms with van der Waals surface area (Å²) in [5.74, 6) is -0.412. The standard InChI is InChI=1S/C21H23N3O/c1-5-17-11-7-10-16(4)20(17)24-21(25)18(12-22)13-23-19-14(2)8-6-9-15(19)3/h6-11,13,23H,5H2,1-4H3,(H,24,25)/b18-13-. The SMILES string of the molecule is CCc1cccc(C)c1NC(=O)/C(C#N)=C\Nc1c(C)cccc1C. The predicted molar refractivity (Wildman–Crippen MR) is 102 cm³/mol. The highest BCUT2D eigenvalue weighted by Gasteiger charge is 2.13. The van der Waals surface area contributed by atoms with Crippen molar-refractivity contribution in [2.45, 2.75) is 34.1 Å². The molecule has 2 aromatic carbocycles. The van der Waals surface area contributed by atoms with Gasteiger partial charge < -0.3 is 10.6 Å². The summed E-state index contributed by atoms with van der Waals surface area (Å²) in [7, 11) is 0. The Hall–Kier alpha value is -3.06. The molecule has 0 aliphatic heterocycles. The van der Waals surface area contributed by atoms with Gasteiger partial charge in [-0.2, -0.15) is 5.26 Å². The number of carbonyl (C=O) groups excluding carboxylic acids is 1. The van der Waals surface area contributed by atoms with Gasteiger partial charge in [-0.25, -0.2) is 0 Å². The molecule has 0 saturated carbocycles. The molecule has 0 heterocycles. The first kappa shape index (κ1) is 18.3. The maximum Gasteiger partial charge on any atom is 0.267 e. The number of hydrogen-bond donors (Lipinski definition) is 2. The van der Waals surface area contributed by atoms with E-state index in [1.54, 1.807) is 0 Å². The van der Waals surface area contributed by atoms with E-state index in [4.69, 9.17) is 0 Å². The van der Waals surface area contributed by atoms with Crippen LogP contribution in [0.3, 0.4) is 0 Å². The van der Waals surface area contributed by atoms with Gasteiger partial charge in [0, 0.05) is 17.6 Å². The number of carbonyl (C=O) groups is 1. The Kier molecular flexibility index (Phi) is 5.97. The molecule has 4 heteroatoms. The summed E-state index contributed by atoms with van der Waals surface area (Å²) in [4.78, 5) is 12.5. The second-order valence-corrected chi connectivity index (χ2v) is 6.00. The monoisotopic (exact) mass is 333 g/mol. The van der Waals surface area contributed by atoms with Gasteiger partial charge in [-0.3, -0.25) is 4.79 Å². The van der Waals surface area contributed by atoms with E-state index in [0.29, 0.717) is 0 Å². The zero-order chi connectivity index (χ0) is 18.4. The number of rotatable bonds is 5. The minimum atomic E-state index is -0.412. The fraction of sp³-hybridized carbons (Fsp3) is 0.238. The molecule has 0 bridgehead atoms. The molecule has 0 aromatic heterocycles. The molecule has 0 radical (unpaired) electrons. The zero-order valence-electron chi connectivity index (χ0n) is 15.1. The Bertz CT molecular complexity index is 840. The number of para-hydroxylation sites is 2. The number of nitrogens with zero attached hydrogens (tertiary/aromatic N) is 1. The van der Waals surface area contributed by atoms with Crippen LogP contribution in [0.4, 0.5) is 11.4 Å². The molecule has 0 aliphatic carbocycles. The molecule has 25 heavy (non-hydrogen) atoms. The average Bonchev–Trinajstić information content (AvgIpc) is 2.59. The summed E-state index contributed by atoms with van der Waals surface area (Å²) in [6.45, 7) is 7.94. The van der Waals surface area contributed by atoms with Gasteiger partial charge in [0.2, 0.25) is 0 Å². The van der Waals surface area contributed by atoms with Crippen LogP contribution in [0.2, 0.25) is 0 Å². The van der Waals surface area contributed by atoms with Gasteiger partial charge in [-0.1, -0.05) is 43.3 Å². The summed E-state index contributed by atoms with van der Waals surface area (Å²) in [6, 6.07) is 13.8. The van der Waals surface area contributed by atoms with Gasteiger partial charge in [-0.05, 0) is 49.4 Å². The quantitative estimate of drug-likeness (QED) is 0.619. The van der Waals surface area contributed by atoms with Gasteiger partial charge in [0.25, 0.3) is 5.91 Å². The molecule has 2 rings (SSSR count). The summed E-state index contributed by atoms with van der Waals surface area (Å²) >= 11 is 0. The zero-order valence-corrected chi connectivity index (χ0v) is 15.1. The van der Waals surface area contributed by atoms with Crippen molar-refractivity contribution in [3.05, 3.63) is 70.4 Å². The highest BCUT2D eigenvalue weighted by molar-refractivity contribution is 6.07. The van der Waals surface area contributed by atoms with E-state index in [2.05, 4.69) is 10.6 Å². The third-order valence-corrected chi connectivity index (χ3v) is 4.19. The van der Waals surface area contributed by atoms with E-state index in [1.165, 1.54) is 6.20 Å². The van der Waals surface area contributed by atoms with Gasteiger partial charge in [0.1, 0.15) is 11.6 Å². The lowest BCUT2D eigenvalue weighted by atomic mass is 10.1. The summed E-state index contributed by atoms with van der Waals surface area (Å²) in [5.41, 5.74) is 5.87. The van der Waals surface area contributed by atoms with Crippen molar-refractivity contribution in [3.63, 3.8) is 0 Å². The van der Waals surface area contributed by atoms with Gasteiger partial charge in [0.15, 0.2) is 0 Å². The Morgan fingerprint density at radius 1 is 1.04 bits per heavy atom. The molecule has 2 aromatic rings. The summed E-state index contributed by atoms with van der Waals surface area (Å²) in [6.07, 6.45) is 2.28. The maximum absolute atomic E-state index is 12.5. The van der Waals surface area contributed by atoms with Gasteiger partial charge in [0.05, 0.1) is 0 Å². The molecule has 0 atom stereocenters. The first-order valence-electron chi connectivity index (χ1n) is 8.30. The van der Waals surface area contributed by atoms with Crippen LogP contribution in [0.1, 0.15) is 29.2 Å². The minimum Gasteiger partial charge on any atom is -0.360 e. The van der Waals surface area contributed by atoms with E-state index >= 15 is 0 Å². The van der Waals surface area contributed by atoms with Crippen molar-refractivity contribution in [2.24, 2.45) is 0 Å². The Morgan fingerprint density at radius 3 is 2.16 bits per heavy atom. The Morgan fingerprint density at radius 2 is 1.60 bits per heavy atom. The average molecular weight is 333 g/mol. The van der Waals surface area contributed by atoms with Crippen molar-refractivity contribution < 1.29 is 4.79 Å². The fourth-order valence-electron chi connectivity index (χ4n) is 2.72. The molecule has 1 amide bonds. The summed E-state index contributed by atoms with van der Waals surface area (Å²) in [5, 5.41) is 15.3. The van der Waals surface area contributed by atoms with E-state index in [9.17, 15) is 10.1 Å². The van der Waals surface area contributed by atoms with Gasteiger partial charge in [-0.15, -0.1) is 0 Å². The van der Waals surface area contributed by atoms with Crippen molar-refractivity contribution in [1.29, 1.82) is 5.26 Å². The van der Waals surface area contributed by atoms with Crippen LogP contribution in [0, 0.1) is 32.1 Å². The number of nitriles is 1. The topological polar surface area (TPSA) is 64.9 Å². The van der Waals surface area contributed by atoms with Crippen molar-refractivity contribution in [1.82, 2.24) is 0 Å². The van der Waals surface area contributed by atoms with E-state index in [0.717, 1.165) is 40.0 Å². The lowest BCUT2D eigenvalue weighted by Gasteiger charge is -2.13. The lowest BCUT2D eigenvalue weighted by molar-refractivity contribution is -0.112. The fourth-order valence-corrected chi connectivity index (χ4v) is 2.72. The molecule has 0 aliphatic rings. The van der Waals surface area contributed by atoms with Gasteiger partial charge >= 0.3 is 0 Å². The molecule has 0 saturated heterocycles. The second-order valence-electron chi connectivity index (χ2n) is 6.00. The predicted octanol–water partition coefficient (Wildman–Crippen LogP) is 4.63.